The molecular weight excluding hydrogens is 292 g/mol. The molecule has 2 rings (SSSR count). The van der Waals surface area contributed by atoms with Crippen LogP contribution in [-0.2, 0) is 11.2 Å². The van der Waals surface area contributed by atoms with Gasteiger partial charge in [0.2, 0.25) is 0 Å². The van der Waals surface area contributed by atoms with E-state index in [0.29, 0.717) is 17.7 Å². The second kappa shape index (κ2) is 6.91. The Bertz CT molecular complexity index is 602. The van der Waals surface area contributed by atoms with Crippen LogP contribution in [0, 0.1) is 13.8 Å². The standard InChI is InChI=1S/C19H28O4/c1-7-8-15(20)16-13(3)17-14(9-10-19(4,5)23-17)12(2)18(16)22-11-21-6/h7-11H2,1-6H3. The number of benzene rings is 1. The quantitative estimate of drug-likeness (QED) is 0.576. The maximum Gasteiger partial charge on any atom is 0.188 e. The van der Waals surface area contributed by atoms with Gasteiger partial charge < -0.3 is 14.2 Å². The molecule has 0 unspecified atom stereocenters. The minimum atomic E-state index is -0.204. The number of ether oxygens (including phenoxy) is 3. The summed E-state index contributed by atoms with van der Waals surface area (Å²) in [4.78, 5) is 12.7. The van der Waals surface area contributed by atoms with E-state index in [1.165, 1.54) is 0 Å². The molecule has 0 atom stereocenters. The summed E-state index contributed by atoms with van der Waals surface area (Å²) in [6.45, 7) is 10.3. The lowest BCUT2D eigenvalue weighted by molar-refractivity contribution is 0.0485. The molecule has 0 radical (unpaired) electrons. The van der Waals surface area contributed by atoms with E-state index in [0.717, 1.165) is 41.7 Å². The molecule has 23 heavy (non-hydrogen) atoms. The number of Topliss-reactive ketones (excluding diaryl/α,β-unsaturated/α-hetero) is 1. The summed E-state index contributed by atoms with van der Waals surface area (Å²) >= 11 is 0. The monoisotopic (exact) mass is 320 g/mol. The summed E-state index contributed by atoms with van der Waals surface area (Å²) < 4.78 is 17.1. The Morgan fingerprint density at radius 1 is 1.26 bits per heavy atom. The van der Waals surface area contributed by atoms with Gasteiger partial charge in [-0.3, -0.25) is 4.79 Å². The average molecular weight is 320 g/mol. The van der Waals surface area contributed by atoms with Gasteiger partial charge >= 0.3 is 0 Å². The molecule has 128 valence electrons. The number of hydrogen-bond donors (Lipinski definition) is 0. The van der Waals surface area contributed by atoms with Crippen molar-refractivity contribution in [3.8, 4) is 11.5 Å². The third-order valence-electron chi connectivity index (χ3n) is 4.44. The number of ketones is 1. The highest BCUT2D eigenvalue weighted by Crippen LogP contribution is 2.44. The maximum absolute atomic E-state index is 12.7. The van der Waals surface area contributed by atoms with Crippen molar-refractivity contribution in [2.24, 2.45) is 0 Å². The Balaban J connectivity index is 2.62. The van der Waals surface area contributed by atoms with Crippen LogP contribution in [0.25, 0.3) is 0 Å². The van der Waals surface area contributed by atoms with Crippen LogP contribution in [0.5, 0.6) is 11.5 Å². The van der Waals surface area contributed by atoms with Crippen LogP contribution in [0.1, 0.15) is 67.1 Å². The number of rotatable bonds is 6. The third kappa shape index (κ3) is 3.52. The molecule has 0 N–H and O–H groups in total. The van der Waals surface area contributed by atoms with Gasteiger partial charge in [0.1, 0.15) is 17.1 Å². The zero-order valence-corrected chi connectivity index (χ0v) is 15.2. The van der Waals surface area contributed by atoms with Crippen molar-refractivity contribution in [2.75, 3.05) is 13.9 Å². The fraction of sp³-hybridized carbons (Fsp3) is 0.632. The molecule has 1 aliphatic rings. The van der Waals surface area contributed by atoms with Crippen LogP contribution in [0.2, 0.25) is 0 Å². The third-order valence-corrected chi connectivity index (χ3v) is 4.44. The maximum atomic E-state index is 12.7. The van der Waals surface area contributed by atoms with E-state index in [2.05, 4.69) is 13.8 Å². The van der Waals surface area contributed by atoms with Crippen LogP contribution < -0.4 is 9.47 Å². The number of carbonyl (C=O) groups excluding carboxylic acids is 1. The Labute approximate surface area is 139 Å². The van der Waals surface area contributed by atoms with Gasteiger partial charge in [-0.25, -0.2) is 0 Å². The van der Waals surface area contributed by atoms with E-state index in [-0.39, 0.29) is 18.2 Å². The smallest absolute Gasteiger partial charge is 0.188 e. The van der Waals surface area contributed by atoms with E-state index in [1.54, 1.807) is 7.11 Å². The summed E-state index contributed by atoms with van der Waals surface area (Å²) in [6.07, 6.45) is 3.20. The molecule has 0 saturated heterocycles. The van der Waals surface area contributed by atoms with E-state index >= 15 is 0 Å². The molecule has 1 heterocycles. The SMILES string of the molecule is CCCC(=O)c1c(C)c2c(c(C)c1OCOC)CCC(C)(C)O2. The summed E-state index contributed by atoms with van der Waals surface area (Å²) in [5.41, 5.74) is 3.49. The summed E-state index contributed by atoms with van der Waals surface area (Å²) in [7, 11) is 1.58. The average Bonchev–Trinajstić information content (AvgIpc) is 2.48. The molecule has 0 fully saturated rings. The first kappa shape index (κ1) is 17.8. The number of fused-ring (bicyclic) bond motifs is 1. The van der Waals surface area contributed by atoms with Crippen LogP contribution in [0.3, 0.4) is 0 Å². The Kier molecular flexibility index (Phi) is 5.35. The fourth-order valence-corrected chi connectivity index (χ4v) is 3.18. The van der Waals surface area contributed by atoms with Crippen molar-refractivity contribution in [1.82, 2.24) is 0 Å². The lowest BCUT2D eigenvalue weighted by Gasteiger charge is -2.35. The summed E-state index contributed by atoms with van der Waals surface area (Å²) in [5.74, 6) is 1.63. The Morgan fingerprint density at radius 2 is 1.96 bits per heavy atom. The molecule has 0 aliphatic carbocycles. The zero-order chi connectivity index (χ0) is 17.2. The number of methoxy groups -OCH3 is 1. The van der Waals surface area contributed by atoms with Crippen molar-refractivity contribution in [2.45, 2.75) is 65.9 Å². The second-order valence-corrected chi connectivity index (χ2v) is 6.85. The highest BCUT2D eigenvalue weighted by molar-refractivity contribution is 6.01. The summed E-state index contributed by atoms with van der Waals surface area (Å²) in [5, 5.41) is 0. The molecule has 1 aromatic carbocycles. The molecule has 0 bridgehead atoms. The molecule has 4 heteroatoms. The second-order valence-electron chi connectivity index (χ2n) is 6.85. The van der Waals surface area contributed by atoms with Gasteiger partial charge in [-0.15, -0.1) is 0 Å². The van der Waals surface area contributed by atoms with Crippen LogP contribution in [-0.4, -0.2) is 25.3 Å². The molecule has 0 aromatic heterocycles. The van der Waals surface area contributed by atoms with E-state index < -0.39 is 0 Å². The molecule has 0 saturated carbocycles. The van der Waals surface area contributed by atoms with Gasteiger partial charge in [-0.2, -0.15) is 0 Å². The first-order valence-corrected chi connectivity index (χ1v) is 8.32. The predicted octanol–water partition coefficient (Wildman–Crippen LogP) is 4.37. The van der Waals surface area contributed by atoms with E-state index in [4.69, 9.17) is 14.2 Å². The Morgan fingerprint density at radius 3 is 2.57 bits per heavy atom. The first-order valence-electron chi connectivity index (χ1n) is 8.32. The fourth-order valence-electron chi connectivity index (χ4n) is 3.18. The molecule has 4 nitrogen and oxygen atoms in total. The minimum Gasteiger partial charge on any atom is -0.487 e. The molecule has 0 spiro atoms. The van der Waals surface area contributed by atoms with E-state index in [9.17, 15) is 4.79 Å². The van der Waals surface area contributed by atoms with Gasteiger partial charge in [0, 0.05) is 24.7 Å². The van der Waals surface area contributed by atoms with Crippen LogP contribution in [0.15, 0.2) is 0 Å². The van der Waals surface area contributed by atoms with Gasteiger partial charge in [0.25, 0.3) is 0 Å². The van der Waals surface area contributed by atoms with Gasteiger partial charge in [0.15, 0.2) is 12.6 Å². The van der Waals surface area contributed by atoms with Crippen molar-refractivity contribution >= 4 is 5.78 Å². The van der Waals surface area contributed by atoms with Gasteiger partial charge in [-0.1, -0.05) is 6.92 Å². The van der Waals surface area contributed by atoms with Crippen molar-refractivity contribution in [3.05, 3.63) is 22.3 Å². The normalized spacial score (nSPS) is 15.7. The first-order chi connectivity index (χ1) is 10.8. The number of hydrogen-bond acceptors (Lipinski definition) is 4. The topological polar surface area (TPSA) is 44.8 Å². The van der Waals surface area contributed by atoms with E-state index in [1.807, 2.05) is 20.8 Å². The molecule has 1 aliphatic heterocycles. The molecular formula is C19H28O4. The zero-order valence-electron chi connectivity index (χ0n) is 15.2. The molecule has 1 aromatic rings. The minimum absolute atomic E-state index is 0.106. The number of carbonyl (C=O) groups is 1. The van der Waals surface area contributed by atoms with Gasteiger partial charge in [0.05, 0.1) is 5.56 Å². The van der Waals surface area contributed by atoms with Crippen molar-refractivity contribution in [3.63, 3.8) is 0 Å². The largest absolute Gasteiger partial charge is 0.487 e. The highest BCUT2D eigenvalue weighted by Gasteiger charge is 2.33. The van der Waals surface area contributed by atoms with Crippen molar-refractivity contribution in [1.29, 1.82) is 0 Å². The van der Waals surface area contributed by atoms with Crippen molar-refractivity contribution < 1.29 is 19.0 Å². The van der Waals surface area contributed by atoms with Crippen LogP contribution >= 0.6 is 0 Å². The van der Waals surface area contributed by atoms with Gasteiger partial charge in [-0.05, 0) is 52.5 Å². The lowest BCUT2D eigenvalue weighted by Crippen LogP contribution is -2.34. The lowest BCUT2D eigenvalue weighted by atomic mass is 9.86. The molecule has 0 amide bonds. The summed E-state index contributed by atoms with van der Waals surface area (Å²) in [6, 6.07) is 0. The predicted molar refractivity (Wildman–Crippen MR) is 90.7 cm³/mol. The van der Waals surface area contributed by atoms with Crippen LogP contribution in [0.4, 0.5) is 0 Å². The highest BCUT2D eigenvalue weighted by atomic mass is 16.7. The Hall–Kier alpha value is -1.55.